The van der Waals surface area contributed by atoms with Crippen LogP contribution in [0.1, 0.15) is 17.0 Å². The van der Waals surface area contributed by atoms with E-state index in [1.807, 2.05) is 0 Å². The highest BCUT2D eigenvalue weighted by atomic mass is 16.6. The van der Waals surface area contributed by atoms with Gasteiger partial charge in [-0.3, -0.25) is 10.1 Å². The van der Waals surface area contributed by atoms with E-state index in [4.69, 9.17) is 15.0 Å². The number of ether oxygens (including phenoxy) is 1. The van der Waals surface area contributed by atoms with E-state index in [0.717, 1.165) is 5.56 Å². The molecule has 0 amide bonds. The molecule has 1 aliphatic rings. The topological polar surface area (TPSA) is 108 Å². The SMILES string of the molecule is Cc1noc(C2(c3ccc([N+](=O)[O-])cc3)CO2)c1N. The minimum Gasteiger partial charge on any atom is -0.394 e. The van der Waals surface area contributed by atoms with Gasteiger partial charge in [0.25, 0.3) is 5.69 Å². The number of anilines is 1. The van der Waals surface area contributed by atoms with Gasteiger partial charge in [0.05, 0.1) is 11.5 Å². The van der Waals surface area contributed by atoms with Gasteiger partial charge in [0.1, 0.15) is 11.4 Å². The van der Waals surface area contributed by atoms with E-state index in [2.05, 4.69) is 5.16 Å². The smallest absolute Gasteiger partial charge is 0.269 e. The normalized spacial score (nSPS) is 21.3. The van der Waals surface area contributed by atoms with E-state index < -0.39 is 10.5 Å². The van der Waals surface area contributed by atoms with Crippen LogP contribution >= 0.6 is 0 Å². The Morgan fingerprint density at radius 2 is 2.05 bits per heavy atom. The molecule has 0 saturated carbocycles. The van der Waals surface area contributed by atoms with Crippen LogP contribution in [0.3, 0.4) is 0 Å². The second kappa shape index (κ2) is 3.79. The number of benzene rings is 1. The third-order valence-corrected chi connectivity index (χ3v) is 3.25. The van der Waals surface area contributed by atoms with Gasteiger partial charge in [-0.25, -0.2) is 0 Å². The summed E-state index contributed by atoms with van der Waals surface area (Å²) < 4.78 is 10.7. The fourth-order valence-corrected chi connectivity index (χ4v) is 2.02. The van der Waals surface area contributed by atoms with Crippen molar-refractivity contribution in [2.45, 2.75) is 12.5 Å². The monoisotopic (exact) mass is 261 g/mol. The summed E-state index contributed by atoms with van der Waals surface area (Å²) in [5, 5.41) is 14.4. The standard InChI is InChI=1S/C12H11N3O4/c1-7-10(13)11(19-14-7)12(6-18-12)8-2-4-9(5-3-8)15(16)17/h2-5H,6,13H2,1H3. The molecule has 1 aliphatic heterocycles. The Kier molecular flexibility index (Phi) is 2.33. The largest absolute Gasteiger partial charge is 0.394 e. The maximum Gasteiger partial charge on any atom is 0.269 e. The second-order valence-corrected chi connectivity index (χ2v) is 4.43. The number of nitro benzene ring substituents is 1. The number of epoxide rings is 1. The minimum atomic E-state index is -0.750. The van der Waals surface area contributed by atoms with Gasteiger partial charge in [-0.2, -0.15) is 0 Å². The van der Waals surface area contributed by atoms with Crippen molar-refractivity contribution in [2.24, 2.45) is 0 Å². The van der Waals surface area contributed by atoms with Crippen molar-refractivity contribution in [1.82, 2.24) is 5.16 Å². The number of nitrogen functional groups attached to an aromatic ring is 1. The van der Waals surface area contributed by atoms with Crippen molar-refractivity contribution in [1.29, 1.82) is 0 Å². The van der Waals surface area contributed by atoms with Crippen LogP contribution in [0.2, 0.25) is 0 Å². The van der Waals surface area contributed by atoms with Gasteiger partial charge in [0.2, 0.25) is 0 Å². The number of rotatable bonds is 3. The van der Waals surface area contributed by atoms with Gasteiger partial charge in [0.15, 0.2) is 11.4 Å². The molecule has 2 N–H and O–H groups in total. The zero-order chi connectivity index (χ0) is 13.6. The van der Waals surface area contributed by atoms with Crippen molar-refractivity contribution >= 4 is 11.4 Å². The van der Waals surface area contributed by atoms with Crippen molar-refractivity contribution in [3.05, 3.63) is 51.4 Å². The summed E-state index contributed by atoms with van der Waals surface area (Å²) in [6.07, 6.45) is 0. The van der Waals surface area contributed by atoms with E-state index >= 15 is 0 Å². The highest BCUT2D eigenvalue weighted by Gasteiger charge is 2.53. The van der Waals surface area contributed by atoms with Crippen LogP contribution in [0.25, 0.3) is 0 Å². The van der Waals surface area contributed by atoms with Crippen molar-refractivity contribution in [3.8, 4) is 0 Å². The molecule has 0 bridgehead atoms. The Hall–Kier alpha value is -2.41. The van der Waals surface area contributed by atoms with Gasteiger partial charge in [-0.05, 0) is 24.6 Å². The van der Waals surface area contributed by atoms with E-state index in [-0.39, 0.29) is 5.69 Å². The molecular formula is C12H11N3O4. The van der Waals surface area contributed by atoms with Gasteiger partial charge >= 0.3 is 0 Å². The van der Waals surface area contributed by atoms with Crippen molar-refractivity contribution in [3.63, 3.8) is 0 Å². The predicted molar refractivity (Wildman–Crippen MR) is 65.5 cm³/mol. The zero-order valence-corrected chi connectivity index (χ0v) is 10.1. The van der Waals surface area contributed by atoms with Gasteiger partial charge in [-0.15, -0.1) is 0 Å². The first-order valence-electron chi connectivity index (χ1n) is 5.66. The summed E-state index contributed by atoms with van der Waals surface area (Å²) in [7, 11) is 0. The lowest BCUT2D eigenvalue weighted by Crippen LogP contribution is -2.12. The van der Waals surface area contributed by atoms with E-state index in [0.29, 0.717) is 23.7 Å². The van der Waals surface area contributed by atoms with Crippen molar-refractivity contribution in [2.75, 3.05) is 12.3 Å². The van der Waals surface area contributed by atoms with Crippen LogP contribution in [0.5, 0.6) is 0 Å². The maximum atomic E-state index is 10.6. The molecule has 19 heavy (non-hydrogen) atoms. The molecular weight excluding hydrogens is 250 g/mol. The zero-order valence-electron chi connectivity index (χ0n) is 10.1. The van der Waals surface area contributed by atoms with Gasteiger partial charge in [0, 0.05) is 12.1 Å². The summed E-state index contributed by atoms with van der Waals surface area (Å²) in [5.41, 5.74) is 7.00. The number of nitrogens with zero attached hydrogens (tertiary/aromatic N) is 2. The highest BCUT2D eigenvalue weighted by Crippen LogP contribution is 2.48. The number of nitrogens with two attached hydrogens (primary N) is 1. The van der Waals surface area contributed by atoms with Gasteiger partial charge in [-0.1, -0.05) is 5.16 Å². The molecule has 0 aliphatic carbocycles. The summed E-state index contributed by atoms with van der Waals surface area (Å²) in [4.78, 5) is 10.2. The minimum absolute atomic E-state index is 0.0290. The van der Waals surface area contributed by atoms with Crippen molar-refractivity contribution < 1.29 is 14.2 Å². The quantitative estimate of drug-likeness (QED) is 0.512. The molecule has 1 saturated heterocycles. The molecule has 1 aromatic heterocycles. The Morgan fingerprint density at radius 3 is 2.47 bits per heavy atom. The number of hydrogen-bond donors (Lipinski definition) is 1. The molecule has 2 heterocycles. The Labute approximate surface area is 108 Å². The molecule has 1 atom stereocenters. The third-order valence-electron chi connectivity index (χ3n) is 3.25. The summed E-state index contributed by atoms with van der Waals surface area (Å²) >= 11 is 0. The fraction of sp³-hybridized carbons (Fsp3) is 0.250. The van der Waals surface area contributed by atoms with E-state index in [9.17, 15) is 10.1 Å². The molecule has 1 aromatic carbocycles. The number of aromatic nitrogens is 1. The molecule has 0 radical (unpaired) electrons. The summed E-state index contributed by atoms with van der Waals surface area (Å²) in [5.74, 6) is 0.457. The third kappa shape index (κ3) is 1.66. The Bertz CT molecular complexity index is 643. The van der Waals surface area contributed by atoms with Gasteiger partial charge < -0.3 is 15.0 Å². The molecule has 1 fully saturated rings. The van der Waals surface area contributed by atoms with E-state index in [1.165, 1.54) is 12.1 Å². The lowest BCUT2D eigenvalue weighted by atomic mass is 9.96. The first-order chi connectivity index (χ1) is 9.04. The summed E-state index contributed by atoms with van der Waals surface area (Å²) in [6.45, 7) is 2.16. The first-order valence-corrected chi connectivity index (χ1v) is 5.66. The van der Waals surface area contributed by atoms with Crippen LogP contribution in [0, 0.1) is 17.0 Å². The lowest BCUT2D eigenvalue weighted by Gasteiger charge is -2.09. The highest BCUT2D eigenvalue weighted by molar-refractivity contribution is 5.54. The number of non-ortho nitro benzene ring substituents is 1. The van der Waals surface area contributed by atoms with E-state index in [1.54, 1.807) is 19.1 Å². The summed E-state index contributed by atoms with van der Waals surface area (Å²) in [6, 6.07) is 6.14. The number of nitro groups is 1. The maximum absolute atomic E-state index is 10.6. The van der Waals surface area contributed by atoms with Crippen LogP contribution in [-0.2, 0) is 10.3 Å². The molecule has 7 heteroatoms. The Balaban J connectivity index is 2.01. The second-order valence-electron chi connectivity index (χ2n) is 4.43. The average molecular weight is 261 g/mol. The Morgan fingerprint density at radius 1 is 1.42 bits per heavy atom. The number of aryl methyl sites for hydroxylation is 1. The fourth-order valence-electron chi connectivity index (χ4n) is 2.02. The average Bonchev–Trinajstić information content (AvgIpc) is 3.14. The molecule has 98 valence electrons. The van der Waals surface area contributed by atoms with Crippen LogP contribution in [-0.4, -0.2) is 16.7 Å². The van der Waals surface area contributed by atoms with Crippen LogP contribution in [0.15, 0.2) is 28.8 Å². The first kappa shape index (κ1) is 11.7. The molecule has 1 unspecified atom stereocenters. The molecule has 2 aromatic rings. The van der Waals surface area contributed by atoms with Crippen LogP contribution < -0.4 is 5.73 Å². The molecule has 7 nitrogen and oxygen atoms in total. The molecule has 3 rings (SSSR count). The number of hydrogen-bond acceptors (Lipinski definition) is 6. The lowest BCUT2D eigenvalue weighted by molar-refractivity contribution is -0.384. The predicted octanol–water partition coefficient (Wildman–Crippen LogP) is 1.75. The molecule has 0 spiro atoms. The van der Waals surface area contributed by atoms with Crippen LogP contribution in [0.4, 0.5) is 11.4 Å².